The Morgan fingerprint density at radius 1 is 1.00 bits per heavy atom. The third-order valence-electron chi connectivity index (χ3n) is 8.92. The Bertz CT molecular complexity index is 1440. The summed E-state index contributed by atoms with van der Waals surface area (Å²) in [6.07, 6.45) is 7.98. The molecule has 0 bridgehead atoms. The Balaban J connectivity index is 1.11. The van der Waals surface area contributed by atoms with Gasteiger partial charge >= 0.3 is 6.09 Å². The Labute approximate surface area is 248 Å². The van der Waals surface area contributed by atoms with E-state index < -0.39 is 23.8 Å². The lowest BCUT2D eigenvalue weighted by atomic mass is 9.93. The van der Waals surface area contributed by atoms with E-state index in [1.165, 1.54) is 25.4 Å². The lowest BCUT2D eigenvalue weighted by molar-refractivity contribution is -0.134. The summed E-state index contributed by atoms with van der Waals surface area (Å²) in [6, 6.07) is 1.84. The molecule has 0 radical (unpaired) electrons. The van der Waals surface area contributed by atoms with E-state index in [1.54, 1.807) is 16.7 Å². The third-order valence-corrected chi connectivity index (χ3v) is 8.92. The number of hydrogen-bond donors (Lipinski definition) is 4. The molecule has 3 aromatic rings. The zero-order chi connectivity index (χ0) is 30.1. The molecule has 3 aliphatic rings. The largest absolute Gasteiger partial charge is 0.453 e. The Morgan fingerprint density at radius 3 is 2.44 bits per heavy atom. The van der Waals surface area contributed by atoms with Crippen molar-refractivity contribution in [1.82, 2.24) is 35.5 Å². The van der Waals surface area contributed by atoms with Crippen LogP contribution in [-0.4, -0.2) is 76.2 Å². The van der Waals surface area contributed by atoms with Crippen LogP contribution in [0.4, 0.5) is 19.3 Å². The zero-order valence-electron chi connectivity index (χ0n) is 24.5. The number of imidazole rings is 2. The Kier molecular flexibility index (Phi) is 8.33. The average molecular weight is 597 g/mol. The monoisotopic (exact) mass is 596 g/mol. The number of nitrogens with zero attached hydrogens (tertiary/aromatic N) is 4. The number of carbonyl (C=O) groups is 2. The van der Waals surface area contributed by atoms with Crippen LogP contribution in [-0.2, 0) is 9.53 Å². The SMILES string of the molecule is COC(=O)N[C@H](C)C(=O)N1CCC[C@H]1c1ncc(-c2cc(F)c(N3CCC(c4cnc([C@@H]5CCCN5)[nH]4)CC3)c(F)c2)[nH]1. The van der Waals surface area contributed by atoms with Gasteiger partial charge in [0.1, 0.15) is 35.0 Å². The molecule has 1 aromatic carbocycles. The summed E-state index contributed by atoms with van der Waals surface area (Å²) in [4.78, 5) is 43.7. The van der Waals surface area contributed by atoms with E-state index in [2.05, 4.69) is 35.3 Å². The number of aromatic nitrogens is 4. The van der Waals surface area contributed by atoms with Crippen molar-refractivity contribution in [1.29, 1.82) is 0 Å². The number of methoxy groups -OCH3 is 1. The predicted molar refractivity (Wildman–Crippen MR) is 155 cm³/mol. The van der Waals surface area contributed by atoms with Crippen molar-refractivity contribution in [2.75, 3.05) is 38.2 Å². The van der Waals surface area contributed by atoms with Crippen LogP contribution in [0.5, 0.6) is 0 Å². The highest BCUT2D eigenvalue weighted by Crippen LogP contribution is 2.36. The van der Waals surface area contributed by atoms with E-state index in [0.29, 0.717) is 43.1 Å². The maximum Gasteiger partial charge on any atom is 0.407 e. The highest BCUT2D eigenvalue weighted by atomic mass is 19.1. The van der Waals surface area contributed by atoms with Crippen LogP contribution in [0.25, 0.3) is 11.3 Å². The van der Waals surface area contributed by atoms with Crippen LogP contribution >= 0.6 is 0 Å². The van der Waals surface area contributed by atoms with Gasteiger partial charge in [0.25, 0.3) is 0 Å². The molecule has 0 spiro atoms. The zero-order valence-corrected chi connectivity index (χ0v) is 24.5. The van der Waals surface area contributed by atoms with Crippen molar-refractivity contribution in [3.05, 3.63) is 53.5 Å². The van der Waals surface area contributed by atoms with E-state index in [1.807, 2.05) is 6.20 Å². The molecule has 43 heavy (non-hydrogen) atoms. The number of rotatable bonds is 7. The number of H-pyrrole nitrogens is 2. The number of ether oxygens (including phenoxy) is 1. The topological polar surface area (TPSA) is 131 Å². The summed E-state index contributed by atoms with van der Waals surface area (Å²) >= 11 is 0. The van der Waals surface area contributed by atoms with Crippen LogP contribution < -0.4 is 15.5 Å². The lowest BCUT2D eigenvalue weighted by Crippen LogP contribution is -2.46. The van der Waals surface area contributed by atoms with Crippen LogP contribution in [0, 0.1) is 11.6 Å². The molecule has 0 unspecified atom stereocenters. The van der Waals surface area contributed by atoms with Crippen molar-refractivity contribution >= 4 is 17.7 Å². The number of aromatic amines is 2. The summed E-state index contributed by atoms with van der Waals surface area (Å²) in [5.41, 5.74) is 1.88. The molecule has 6 rings (SSSR count). The van der Waals surface area contributed by atoms with Crippen molar-refractivity contribution in [2.45, 2.75) is 69.5 Å². The number of likely N-dealkylation sites (tertiary alicyclic amines) is 1. The summed E-state index contributed by atoms with van der Waals surface area (Å²) in [5.74, 6) is 0.275. The van der Waals surface area contributed by atoms with Gasteiger partial charge in [0.05, 0.1) is 31.1 Å². The molecule has 4 N–H and O–H groups in total. The first-order chi connectivity index (χ1) is 20.8. The van der Waals surface area contributed by atoms with Gasteiger partial charge in [-0.25, -0.2) is 23.5 Å². The minimum atomic E-state index is -0.769. The van der Waals surface area contributed by atoms with Gasteiger partial charge in [-0.1, -0.05) is 0 Å². The molecule has 0 saturated carbocycles. The van der Waals surface area contributed by atoms with E-state index in [4.69, 9.17) is 0 Å². The fourth-order valence-corrected chi connectivity index (χ4v) is 6.60. The van der Waals surface area contributed by atoms with Gasteiger partial charge in [0, 0.05) is 43.0 Å². The Hall–Kier alpha value is -4.00. The summed E-state index contributed by atoms with van der Waals surface area (Å²) in [6.45, 7) is 4.20. The highest BCUT2D eigenvalue weighted by Gasteiger charge is 2.35. The standard InChI is InChI=1S/C30H38F2N8O3/c1-17(36-30(42)43-2)29(41)40-10-4-6-25(40)28-35-16-24(38-28)19-13-20(31)26(21(32)14-19)39-11-7-18(8-12-39)23-15-34-27(37-23)22-5-3-9-33-22/h13-18,22,25,33H,3-12H2,1-2H3,(H,34,37)(H,35,38)(H,36,42)/t17-,22+,25+/m1/s1. The lowest BCUT2D eigenvalue weighted by Gasteiger charge is -2.33. The first-order valence-corrected chi connectivity index (χ1v) is 15.0. The maximum absolute atomic E-state index is 15.4. The molecule has 3 fully saturated rings. The van der Waals surface area contributed by atoms with Crippen molar-refractivity contribution in [3.63, 3.8) is 0 Å². The third kappa shape index (κ3) is 5.95. The minimum absolute atomic E-state index is 0.0120. The number of nitrogens with one attached hydrogen (secondary N) is 4. The van der Waals surface area contributed by atoms with E-state index in [0.717, 1.165) is 50.2 Å². The molecule has 0 aliphatic carbocycles. The molecule has 3 saturated heterocycles. The van der Waals surface area contributed by atoms with E-state index in [-0.39, 0.29) is 29.6 Å². The summed E-state index contributed by atoms with van der Waals surface area (Å²) < 4.78 is 35.5. The van der Waals surface area contributed by atoms with Crippen LogP contribution in [0.2, 0.25) is 0 Å². The average Bonchev–Trinajstić information content (AvgIpc) is 3.83. The van der Waals surface area contributed by atoms with Crippen molar-refractivity contribution in [2.24, 2.45) is 0 Å². The number of piperidine rings is 1. The number of carbonyl (C=O) groups excluding carboxylic acids is 2. The molecular weight excluding hydrogens is 558 g/mol. The number of benzene rings is 1. The normalized spacial score (nSPS) is 21.8. The highest BCUT2D eigenvalue weighted by molar-refractivity contribution is 5.85. The second-order valence-corrected chi connectivity index (χ2v) is 11.7. The number of hydrogen-bond acceptors (Lipinski definition) is 7. The molecule has 11 nitrogen and oxygen atoms in total. The fraction of sp³-hybridized carbons (Fsp3) is 0.533. The fourth-order valence-electron chi connectivity index (χ4n) is 6.60. The van der Waals surface area contributed by atoms with E-state index >= 15 is 8.78 Å². The molecule has 230 valence electrons. The first kappa shape index (κ1) is 29.1. The number of anilines is 1. The van der Waals surface area contributed by atoms with Gasteiger partial charge in [-0.2, -0.15) is 0 Å². The predicted octanol–water partition coefficient (Wildman–Crippen LogP) is 4.29. The van der Waals surface area contributed by atoms with Gasteiger partial charge in [0.15, 0.2) is 0 Å². The van der Waals surface area contributed by atoms with Gasteiger partial charge in [-0.15, -0.1) is 0 Å². The number of amides is 2. The van der Waals surface area contributed by atoms with E-state index in [9.17, 15) is 9.59 Å². The summed E-state index contributed by atoms with van der Waals surface area (Å²) in [5, 5.41) is 5.96. The molecule has 2 aromatic heterocycles. The van der Waals surface area contributed by atoms with Crippen molar-refractivity contribution < 1.29 is 23.1 Å². The minimum Gasteiger partial charge on any atom is -0.453 e. The van der Waals surface area contributed by atoms with Gasteiger partial charge in [-0.3, -0.25) is 4.79 Å². The second kappa shape index (κ2) is 12.3. The van der Waals surface area contributed by atoms with Gasteiger partial charge < -0.3 is 35.1 Å². The van der Waals surface area contributed by atoms with Crippen LogP contribution in [0.3, 0.4) is 0 Å². The molecular formula is C30H38F2N8O3. The molecule has 3 aliphatic heterocycles. The van der Waals surface area contributed by atoms with Gasteiger partial charge in [0.2, 0.25) is 5.91 Å². The Morgan fingerprint density at radius 2 is 1.74 bits per heavy atom. The van der Waals surface area contributed by atoms with Gasteiger partial charge in [-0.05, 0) is 64.1 Å². The van der Waals surface area contributed by atoms with Crippen LogP contribution in [0.15, 0.2) is 24.5 Å². The maximum atomic E-state index is 15.4. The van der Waals surface area contributed by atoms with Crippen LogP contribution in [0.1, 0.15) is 80.8 Å². The molecule has 5 heterocycles. The molecule has 2 amide bonds. The van der Waals surface area contributed by atoms with Crippen molar-refractivity contribution in [3.8, 4) is 11.3 Å². The quantitative estimate of drug-likeness (QED) is 0.320. The smallest absolute Gasteiger partial charge is 0.407 e. The second-order valence-electron chi connectivity index (χ2n) is 11.7. The molecule has 13 heteroatoms. The molecule has 3 atom stereocenters. The summed E-state index contributed by atoms with van der Waals surface area (Å²) in [7, 11) is 1.24. The first-order valence-electron chi connectivity index (χ1n) is 15.0. The number of alkyl carbamates (subject to hydrolysis) is 1. The number of halogens is 2.